The van der Waals surface area contributed by atoms with Gasteiger partial charge in [0.2, 0.25) is 5.91 Å². The first-order valence-corrected chi connectivity index (χ1v) is 13.4. The van der Waals surface area contributed by atoms with Crippen molar-refractivity contribution >= 4 is 11.8 Å². The Labute approximate surface area is 233 Å². The Hall–Kier alpha value is -3.80. The van der Waals surface area contributed by atoms with E-state index in [9.17, 15) is 9.59 Å². The smallest absolute Gasteiger partial charge is 0.261 e. The first-order valence-electron chi connectivity index (χ1n) is 13.4. The highest BCUT2D eigenvalue weighted by atomic mass is 16.5. The molecule has 0 fully saturated rings. The minimum Gasteiger partial charge on any atom is -0.497 e. The van der Waals surface area contributed by atoms with Gasteiger partial charge in [-0.2, -0.15) is 0 Å². The number of carbonyl (C=O) groups is 2. The molecule has 0 aliphatic rings. The van der Waals surface area contributed by atoms with Crippen LogP contribution in [-0.4, -0.2) is 42.0 Å². The highest BCUT2D eigenvalue weighted by Gasteiger charge is 2.33. The minimum atomic E-state index is -0.744. The lowest BCUT2D eigenvalue weighted by atomic mass is 9.86. The number of amides is 2. The van der Waals surface area contributed by atoms with Crippen molar-refractivity contribution in [2.24, 2.45) is 0 Å². The zero-order valence-electron chi connectivity index (χ0n) is 24.3. The summed E-state index contributed by atoms with van der Waals surface area (Å²) in [6, 6.07) is 24.3. The van der Waals surface area contributed by atoms with Gasteiger partial charge in [0, 0.05) is 18.5 Å². The lowest BCUT2D eigenvalue weighted by Crippen LogP contribution is -2.55. The molecule has 0 bridgehead atoms. The second-order valence-electron chi connectivity index (χ2n) is 11.9. The van der Waals surface area contributed by atoms with Gasteiger partial charge in [-0.3, -0.25) is 9.59 Å². The molecule has 0 saturated carbocycles. The second-order valence-corrected chi connectivity index (χ2v) is 11.9. The molecule has 0 aliphatic heterocycles. The average Bonchev–Trinajstić information content (AvgIpc) is 2.88. The van der Waals surface area contributed by atoms with Crippen molar-refractivity contribution in [3.63, 3.8) is 0 Å². The largest absolute Gasteiger partial charge is 0.497 e. The number of benzene rings is 3. The van der Waals surface area contributed by atoms with E-state index in [0.29, 0.717) is 17.9 Å². The first kappa shape index (κ1) is 29.8. The molecule has 0 heterocycles. The molecule has 0 saturated heterocycles. The van der Waals surface area contributed by atoms with Crippen LogP contribution in [0.3, 0.4) is 0 Å². The quantitative estimate of drug-likeness (QED) is 0.353. The normalized spacial score (nSPS) is 12.4. The van der Waals surface area contributed by atoms with Gasteiger partial charge in [0.15, 0.2) is 6.61 Å². The van der Waals surface area contributed by atoms with E-state index in [2.05, 4.69) is 26.1 Å². The summed E-state index contributed by atoms with van der Waals surface area (Å²) in [7, 11) is 1.61. The van der Waals surface area contributed by atoms with Crippen LogP contribution >= 0.6 is 0 Å². The van der Waals surface area contributed by atoms with Crippen molar-refractivity contribution in [3.05, 3.63) is 95.6 Å². The third-order valence-electron chi connectivity index (χ3n) is 6.30. The van der Waals surface area contributed by atoms with E-state index >= 15 is 0 Å². The number of rotatable bonds is 10. The number of ether oxygens (including phenoxy) is 2. The third kappa shape index (κ3) is 8.88. The van der Waals surface area contributed by atoms with Crippen LogP contribution in [0.15, 0.2) is 78.9 Å². The van der Waals surface area contributed by atoms with Crippen LogP contribution in [0.5, 0.6) is 11.5 Å². The summed E-state index contributed by atoms with van der Waals surface area (Å²) in [5, 5.41) is 3.09. The Morgan fingerprint density at radius 1 is 0.846 bits per heavy atom. The Bertz CT molecular complexity index is 1240. The molecule has 0 unspecified atom stereocenters. The number of carbonyl (C=O) groups excluding carboxylic acids is 2. The fourth-order valence-electron chi connectivity index (χ4n) is 4.41. The monoisotopic (exact) mass is 530 g/mol. The average molecular weight is 531 g/mol. The molecule has 3 rings (SSSR count). The number of para-hydroxylation sites is 1. The van der Waals surface area contributed by atoms with Crippen LogP contribution in [-0.2, 0) is 28.0 Å². The summed E-state index contributed by atoms with van der Waals surface area (Å²) < 4.78 is 11.5. The van der Waals surface area contributed by atoms with E-state index in [1.54, 1.807) is 12.0 Å². The molecular weight excluding hydrogens is 488 g/mol. The summed E-state index contributed by atoms with van der Waals surface area (Å²) in [5.41, 5.74) is 2.23. The van der Waals surface area contributed by atoms with Crippen LogP contribution in [0.4, 0.5) is 0 Å². The maximum Gasteiger partial charge on any atom is 0.261 e. The van der Waals surface area contributed by atoms with E-state index in [1.807, 2.05) is 99.6 Å². The molecule has 0 radical (unpaired) electrons. The Balaban J connectivity index is 1.98. The maximum atomic E-state index is 13.9. The Morgan fingerprint density at radius 3 is 2.13 bits per heavy atom. The van der Waals surface area contributed by atoms with E-state index in [4.69, 9.17) is 9.47 Å². The van der Waals surface area contributed by atoms with Crippen molar-refractivity contribution in [1.29, 1.82) is 0 Å². The van der Waals surface area contributed by atoms with Gasteiger partial charge in [0.1, 0.15) is 17.5 Å². The lowest BCUT2D eigenvalue weighted by Gasteiger charge is -2.34. The van der Waals surface area contributed by atoms with Crippen molar-refractivity contribution in [2.75, 3.05) is 13.7 Å². The van der Waals surface area contributed by atoms with Gasteiger partial charge in [-0.05, 0) is 61.1 Å². The standard InChI is InChI=1S/C33H42N2O4/c1-32(2,3)27-18-11-12-19-29(27)39-23-30(36)35(22-25-16-13-17-26(20-25)38-7)28(31(37)34-33(4,5)6)21-24-14-9-8-10-15-24/h8-20,28H,21-23H2,1-7H3,(H,34,37)/t28-/m0/s1. The zero-order chi connectivity index (χ0) is 28.6. The Kier molecular flexibility index (Phi) is 9.79. The van der Waals surface area contributed by atoms with Crippen molar-refractivity contribution in [2.45, 2.75) is 71.5 Å². The fraction of sp³-hybridized carbons (Fsp3) is 0.394. The highest BCUT2D eigenvalue weighted by molar-refractivity contribution is 5.89. The summed E-state index contributed by atoms with van der Waals surface area (Å²) in [5.74, 6) is 0.872. The first-order chi connectivity index (χ1) is 18.4. The molecule has 6 nitrogen and oxygen atoms in total. The molecule has 0 aliphatic carbocycles. The molecule has 6 heteroatoms. The van der Waals surface area contributed by atoms with E-state index < -0.39 is 11.6 Å². The van der Waals surface area contributed by atoms with Crippen molar-refractivity contribution in [3.8, 4) is 11.5 Å². The predicted octanol–water partition coefficient (Wildman–Crippen LogP) is 5.93. The summed E-state index contributed by atoms with van der Waals surface area (Å²) in [4.78, 5) is 29.3. The van der Waals surface area contributed by atoms with Gasteiger partial charge in [-0.1, -0.05) is 81.4 Å². The van der Waals surface area contributed by atoms with E-state index in [0.717, 1.165) is 16.7 Å². The number of methoxy groups -OCH3 is 1. The molecule has 208 valence electrons. The number of hydrogen-bond acceptors (Lipinski definition) is 4. The van der Waals surface area contributed by atoms with Crippen LogP contribution in [0, 0.1) is 0 Å². The SMILES string of the molecule is COc1cccc(CN(C(=O)COc2ccccc2C(C)(C)C)[C@@H](Cc2ccccc2)C(=O)NC(C)(C)C)c1. The van der Waals surface area contributed by atoms with Crippen LogP contribution in [0.1, 0.15) is 58.2 Å². The number of nitrogens with one attached hydrogen (secondary N) is 1. The molecule has 0 aromatic heterocycles. The van der Waals surface area contributed by atoms with E-state index in [-0.39, 0.29) is 30.4 Å². The summed E-state index contributed by atoms with van der Waals surface area (Å²) in [6.45, 7) is 12.2. The van der Waals surface area contributed by atoms with Gasteiger partial charge in [0.25, 0.3) is 5.91 Å². The molecule has 2 amide bonds. The van der Waals surface area contributed by atoms with Gasteiger partial charge in [-0.25, -0.2) is 0 Å². The molecular formula is C33H42N2O4. The van der Waals surface area contributed by atoms with E-state index in [1.165, 1.54) is 0 Å². The number of nitrogens with zero attached hydrogens (tertiary/aromatic N) is 1. The molecule has 1 N–H and O–H groups in total. The second kappa shape index (κ2) is 12.8. The minimum absolute atomic E-state index is 0.150. The van der Waals surface area contributed by atoms with Crippen molar-refractivity contribution in [1.82, 2.24) is 10.2 Å². The van der Waals surface area contributed by atoms with Gasteiger partial charge >= 0.3 is 0 Å². The molecule has 1 atom stereocenters. The van der Waals surface area contributed by atoms with Crippen LogP contribution < -0.4 is 14.8 Å². The molecule has 39 heavy (non-hydrogen) atoms. The van der Waals surface area contributed by atoms with Gasteiger partial charge < -0.3 is 19.7 Å². The van der Waals surface area contributed by atoms with Gasteiger partial charge in [0.05, 0.1) is 7.11 Å². The van der Waals surface area contributed by atoms with Gasteiger partial charge in [-0.15, -0.1) is 0 Å². The van der Waals surface area contributed by atoms with Crippen LogP contribution in [0.2, 0.25) is 0 Å². The Morgan fingerprint density at radius 2 is 1.49 bits per heavy atom. The number of hydrogen-bond donors (Lipinski definition) is 1. The molecule has 3 aromatic rings. The third-order valence-corrected chi connectivity index (χ3v) is 6.30. The van der Waals surface area contributed by atoms with Crippen molar-refractivity contribution < 1.29 is 19.1 Å². The fourth-order valence-corrected chi connectivity index (χ4v) is 4.41. The summed E-state index contributed by atoms with van der Waals surface area (Å²) in [6.07, 6.45) is 0.372. The van der Waals surface area contributed by atoms with Crippen LogP contribution in [0.25, 0.3) is 0 Å². The maximum absolute atomic E-state index is 13.9. The highest BCUT2D eigenvalue weighted by Crippen LogP contribution is 2.31. The summed E-state index contributed by atoms with van der Waals surface area (Å²) >= 11 is 0. The topological polar surface area (TPSA) is 67.9 Å². The molecule has 3 aromatic carbocycles. The lowest BCUT2D eigenvalue weighted by molar-refractivity contribution is -0.143. The molecule has 0 spiro atoms. The predicted molar refractivity (Wildman–Crippen MR) is 156 cm³/mol. The zero-order valence-corrected chi connectivity index (χ0v) is 24.3.